The van der Waals surface area contributed by atoms with E-state index in [1.54, 1.807) is 0 Å². The molecule has 0 bridgehead atoms. The first-order chi connectivity index (χ1) is 9.38. The van der Waals surface area contributed by atoms with Crippen LogP contribution in [-0.2, 0) is 6.61 Å². The van der Waals surface area contributed by atoms with Crippen LogP contribution < -0.4 is 9.47 Å². The molecule has 0 radical (unpaired) electrons. The lowest BCUT2D eigenvalue weighted by Crippen LogP contribution is -1.97. The van der Waals surface area contributed by atoms with Crippen LogP contribution >= 0.6 is 0 Å². The molecule has 0 aliphatic heterocycles. The van der Waals surface area contributed by atoms with Gasteiger partial charge in [-0.15, -0.1) is 12.3 Å². The number of benzene rings is 2. The van der Waals surface area contributed by atoms with E-state index >= 15 is 0 Å². The zero-order chi connectivity index (χ0) is 13.3. The van der Waals surface area contributed by atoms with Gasteiger partial charge in [-0.2, -0.15) is 0 Å². The predicted octanol–water partition coefficient (Wildman–Crippen LogP) is 3.67. The highest BCUT2D eigenvalue weighted by Gasteiger charge is 1.97. The van der Waals surface area contributed by atoms with Gasteiger partial charge in [0.25, 0.3) is 0 Å². The number of hydrogen-bond acceptors (Lipinski definition) is 2. The lowest BCUT2D eigenvalue weighted by Gasteiger charge is -2.08. The van der Waals surface area contributed by atoms with Gasteiger partial charge in [0.15, 0.2) is 0 Å². The molecule has 0 aliphatic rings. The van der Waals surface area contributed by atoms with Gasteiger partial charge in [-0.05, 0) is 29.8 Å². The normalized spacial score (nSPS) is 9.63. The summed E-state index contributed by atoms with van der Waals surface area (Å²) in [6.45, 7) is 1.11. The molecule has 2 aromatic rings. The van der Waals surface area contributed by atoms with Crippen molar-refractivity contribution in [3.05, 3.63) is 60.2 Å². The Bertz CT molecular complexity index is 523. The quantitative estimate of drug-likeness (QED) is 0.577. The van der Waals surface area contributed by atoms with E-state index in [-0.39, 0.29) is 0 Å². The van der Waals surface area contributed by atoms with E-state index in [0.29, 0.717) is 19.6 Å². The highest BCUT2D eigenvalue weighted by atomic mass is 16.5. The molecule has 2 aromatic carbocycles. The van der Waals surface area contributed by atoms with Gasteiger partial charge >= 0.3 is 0 Å². The molecule has 2 heteroatoms. The third kappa shape index (κ3) is 4.40. The van der Waals surface area contributed by atoms with Gasteiger partial charge in [0.1, 0.15) is 18.1 Å². The minimum atomic E-state index is 0.542. The van der Waals surface area contributed by atoms with Gasteiger partial charge in [0, 0.05) is 6.42 Å². The summed E-state index contributed by atoms with van der Waals surface area (Å²) >= 11 is 0. The van der Waals surface area contributed by atoms with E-state index in [1.165, 1.54) is 0 Å². The summed E-state index contributed by atoms with van der Waals surface area (Å²) in [6.07, 6.45) is 5.78. The molecule has 96 valence electrons. The van der Waals surface area contributed by atoms with Crippen molar-refractivity contribution < 1.29 is 9.47 Å². The molecule has 0 aliphatic carbocycles. The van der Waals surface area contributed by atoms with E-state index in [1.807, 2.05) is 54.6 Å². The molecule has 0 heterocycles. The average molecular weight is 252 g/mol. The molecule has 0 saturated carbocycles. The largest absolute Gasteiger partial charge is 0.493 e. The van der Waals surface area contributed by atoms with Crippen molar-refractivity contribution in [2.75, 3.05) is 6.61 Å². The Balaban J connectivity index is 1.83. The Morgan fingerprint density at radius 2 is 1.47 bits per heavy atom. The van der Waals surface area contributed by atoms with Crippen LogP contribution in [0.1, 0.15) is 12.0 Å². The third-order valence-electron chi connectivity index (χ3n) is 2.59. The summed E-state index contributed by atoms with van der Waals surface area (Å²) in [6, 6.07) is 17.6. The van der Waals surface area contributed by atoms with Crippen molar-refractivity contribution in [3.63, 3.8) is 0 Å². The molecule has 0 atom stereocenters. The average Bonchev–Trinajstić information content (AvgIpc) is 2.48. The van der Waals surface area contributed by atoms with Crippen molar-refractivity contribution in [1.29, 1.82) is 0 Å². The zero-order valence-electron chi connectivity index (χ0n) is 10.7. The first-order valence-electron chi connectivity index (χ1n) is 6.21. The summed E-state index contributed by atoms with van der Waals surface area (Å²) in [4.78, 5) is 0. The molecule has 0 amide bonds. The van der Waals surface area contributed by atoms with E-state index in [4.69, 9.17) is 15.9 Å². The molecule has 2 nitrogen and oxygen atoms in total. The predicted molar refractivity (Wildman–Crippen MR) is 76.2 cm³/mol. The molecular formula is C17H16O2. The molecular weight excluding hydrogens is 236 g/mol. The summed E-state index contributed by atoms with van der Waals surface area (Å²) in [5.74, 6) is 4.17. The van der Waals surface area contributed by atoms with Crippen molar-refractivity contribution in [1.82, 2.24) is 0 Å². The molecule has 0 fully saturated rings. The van der Waals surface area contributed by atoms with Crippen molar-refractivity contribution >= 4 is 0 Å². The van der Waals surface area contributed by atoms with Gasteiger partial charge in [-0.3, -0.25) is 0 Å². The van der Waals surface area contributed by atoms with Crippen LogP contribution in [-0.4, -0.2) is 6.61 Å². The lowest BCUT2D eigenvalue weighted by atomic mass is 10.2. The Morgan fingerprint density at radius 3 is 2.11 bits per heavy atom. The van der Waals surface area contributed by atoms with E-state index in [0.717, 1.165) is 17.1 Å². The molecule has 0 spiro atoms. The second-order valence-electron chi connectivity index (χ2n) is 4.05. The summed E-state index contributed by atoms with van der Waals surface area (Å²) in [7, 11) is 0. The van der Waals surface area contributed by atoms with Crippen LogP contribution in [0.25, 0.3) is 0 Å². The molecule has 0 N–H and O–H groups in total. The van der Waals surface area contributed by atoms with Crippen LogP contribution in [0.15, 0.2) is 54.6 Å². The van der Waals surface area contributed by atoms with Crippen molar-refractivity contribution in [2.24, 2.45) is 0 Å². The standard InChI is InChI=1S/C17H16O2/c1-2-3-13-18-16-9-11-17(12-10-16)19-14-15-7-5-4-6-8-15/h1,4-12H,3,13-14H2. The first-order valence-corrected chi connectivity index (χ1v) is 6.21. The summed E-state index contributed by atoms with van der Waals surface area (Å²) in [5, 5.41) is 0. The fourth-order valence-electron chi connectivity index (χ4n) is 1.60. The Morgan fingerprint density at radius 1 is 0.842 bits per heavy atom. The minimum Gasteiger partial charge on any atom is -0.493 e. The Kier molecular flexibility index (Phi) is 4.89. The van der Waals surface area contributed by atoms with Gasteiger partial charge in [-0.1, -0.05) is 30.3 Å². The SMILES string of the molecule is C#CCCOc1ccc(OCc2ccccc2)cc1. The maximum atomic E-state index is 5.68. The molecule has 19 heavy (non-hydrogen) atoms. The fourth-order valence-corrected chi connectivity index (χ4v) is 1.60. The highest BCUT2D eigenvalue weighted by Crippen LogP contribution is 2.18. The number of hydrogen-bond donors (Lipinski definition) is 0. The smallest absolute Gasteiger partial charge is 0.120 e. The van der Waals surface area contributed by atoms with Gasteiger partial charge in [-0.25, -0.2) is 0 Å². The van der Waals surface area contributed by atoms with Crippen LogP contribution in [0.4, 0.5) is 0 Å². The maximum absolute atomic E-state index is 5.68. The second kappa shape index (κ2) is 7.13. The third-order valence-corrected chi connectivity index (χ3v) is 2.59. The lowest BCUT2D eigenvalue weighted by molar-refractivity contribution is 0.303. The van der Waals surface area contributed by atoms with Crippen LogP contribution in [0.2, 0.25) is 0 Å². The molecule has 0 saturated heterocycles. The number of rotatable bonds is 6. The monoisotopic (exact) mass is 252 g/mol. The molecule has 2 rings (SSSR count). The van der Waals surface area contributed by atoms with Crippen molar-refractivity contribution in [2.45, 2.75) is 13.0 Å². The Labute approximate surface area is 114 Å². The summed E-state index contributed by atoms with van der Waals surface area (Å²) < 4.78 is 11.2. The van der Waals surface area contributed by atoms with E-state index in [2.05, 4.69) is 5.92 Å². The maximum Gasteiger partial charge on any atom is 0.120 e. The van der Waals surface area contributed by atoms with Gasteiger partial charge in [0.2, 0.25) is 0 Å². The van der Waals surface area contributed by atoms with E-state index in [9.17, 15) is 0 Å². The fraction of sp³-hybridized carbons (Fsp3) is 0.176. The minimum absolute atomic E-state index is 0.542. The van der Waals surface area contributed by atoms with Gasteiger partial charge in [0.05, 0.1) is 6.61 Å². The molecule has 0 aromatic heterocycles. The summed E-state index contributed by atoms with van der Waals surface area (Å²) in [5.41, 5.74) is 1.15. The van der Waals surface area contributed by atoms with Crippen molar-refractivity contribution in [3.8, 4) is 23.8 Å². The topological polar surface area (TPSA) is 18.5 Å². The second-order valence-corrected chi connectivity index (χ2v) is 4.05. The van der Waals surface area contributed by atoms with Gasteiger partial charge < -0.3 is 9.47 Å². The molecule has 0 unspecified atom stereocenters. The van der Waals surface area contributed by atoms with Crippen LogP contribution in [0, 0.1) is 12.3 Å². The number of ether oxygens (including phenoxy) is 2. The van der Waals surface area contributed by atoms with Crippen LogP contribution in [0.3, 0.4) is 0 Å². The first kappa shape index (κ1) is 13.0. The number of terminal acetylenes is 1. The Hall–Kier alpha value is -2.40. The van der Waals surface area contributed by atoms with Crippen LogP contribution in [0.5, 0.6) is 11.5 Å². The zero-order valence-corrected chi connectivity index (χ0v) is 10.7. The van der Waals surface area contributed by atoms with E-state index < -0.39 is 0 Å². The highest BCUT2D eigenvalue weighted by molar-refractivity contribution is 5.31.